The monoisotopic (exact) mass is 348 g/mol. The van der Waals surface area contributed by atoms with Crippen molar-refractivity contribution < 1.29 is 14.5 Å². The van der Waals surface area contributed by atoms with Gasteiger partial charge in [0.25, 0.3) is 0 Å². The standard InChI is InChI=1S/C17H17ClN2O4/c1-3-24-17(21)16-11(2)19-15(7-8-20(22)23)14(16)10-12-5-4-6-13(18)9-12/h4-9,19H,3,10H2,1-2H3/b8-7-. The summed E-state index contributed by atoms with van der Waals surface area (Å²) in [6.07, 6.45) is 2.58. The topological polar surface area (TPSA) is 85.2 Å². The summed E-state index contributed by atoms with van der Waals surface area (Å²) in [5.41, 5.74) is 3.05. The Balaban J connectivity index is 2.50. The van der Waals surface area contributed by atoms with E-state index in [0.717, 1.165) is 11.8 Å². The van der Waals surface area contributed by atoms with Crippen LogP contribution in [-0.4, -0.2) is 22.5 Å². The molecule has 0 atom stereocenters. The van der Waals surface area contributed by atoms with Crippen molar-refractivity contribution in [3.63, 3.8) is 0 Å². The summed E-state index contributed by atoms with van der Waals surface area (Å²) in [6, 6.07) is 7.24. The highest BCUT2D eigenvalue weighted by atomic mass is 35.5. The van der Waals surface area contributed by atoms with Crippen LogP contribution in [0.5, 0.6) is 0 Å². The number of carbonyl (C=O) groups is 1. The van der Waals surface area contributed by atoms with Gasteiger partial charge >= 0.3 is 5.97 Å². The summed E-state index contributed by atoms with van der Waals surface area (Å²) in [5, 5.41) is 11.2. The molecule has 0 aliphatic rings. The molecular weight excluding hydrogens is 332 g/mol. The molecule has 2 aromatic rings. The minimum Gasteiger partial charge on any atom is -0.462 e. The highest BCUT2D eigenvalue weighted by Gasteiger charge is 2.21. The van der Waals surface area contributed by atoms with Crippen LogP contribution >= 0.6 is 11.6 Å². The zero-order chi connectivity index (χ0) is 17.7. The minimum absolute atomic E-state index is 0.250. The number of hydrogen-bond acceptors (Lipinski definition) is 4. The lowest BCUT2D eigenvalue weighted by atomic mass is 10.00. The van der Waals surface area contributed by atoms with Crippen LogP contribution < -0.4 is 0 Å². The number of halogens is 1. The Hall–Kier alpha value is -2.60. The molecule has 1 heterocycles. The Bertz CT molecular complexity index is 796. The molecule has 0 spiro atoms. The highest BCUT2D eigenvalue weighted by Crippen LogP contribution is 2.25. The van der Waals surface area contributed by atoms with Crippen molar-refractivity contribution in [2.45, 2.75) is 20.3 Å². The average Bonchev–Trinajstić information content (AvgIpc) is 2.81. The fourth-order valence-electron chi connectivity index (χ4n) is 2.49. The summed E-state index contributed by atoms with van der Waals surface area (Å²) < 4.78 is 5.11. The summed E-state index contributed by atoms with van der Waals surface area (Å²) in [4.78, 5) is 25.3. The van der Waals surface area contributed by atoms with Crippen molar-refractivity contribution >= 4 is 23.6 Å². The van der Waals surface area contributed by atoms with Crippen molar-refractivity contribution in [1.29, 1.82) is 0 Å². The number of H-pyrrole nitrogens is 1. The largest absolute Gasteiger partial charge is 0.462 e. The number of carbonyl (C=O) groups excluding carboxylic acids is 1. The third-order valence-corrected chi connectivity index (χ3v) is 3.67. The quantitative estimate of drug-likeness (QED) is 0.486. The van der Waals surface area contributed by atoms with Gasteiger partial charge in [0.05, 0.1) is 17.1 Å². The normalized spacial score (nSPS) is 11.0. The first-order valence-corrected chi connectivity index (χ1v) is 7.74. The Morgan fingerprint density at radius 3 is 2.83 bits per heavy atom. The molecule has 1 N–H and O–H groups in total. The third-order valence-electron chi connectivity index (χ3n) is 3.44. The molecule has 0 aliphatic heterocycles. The lowest BCUT2D eigenvalue weighted by Crippen LogP contribution is -2.08. The lowest BCUT2D eigenvalue weighted by molar-refractivity contribution is -0.401. The molecular formula is C17H17ClN2O4. The summed E-state index contributed by atoms with van der Waals surface area (Å²) in [7, 11) is 0. The van der Waals surface area contributed by atoms with Gasteiger partial charge in [0.2, 0.25) is 6.20 Å². The number of esters is 1. The molecule has 0 bridgehead atoms. The van der Waals surface area contributed by atoms with E-state index < -0.39 is 10.9 Å². The van der Waals surface area contributed by atoms with E-state index >= 15 is 0 Å². The Morgan fingerprint density at radius 1 is 1.46 bits per heavy atom. The average molecular weight is 349 g/mol. The molecule has 1 aromatic carbocycles. The molecule has 2 rings (SSSR count). The maximum atomic E-state index is 12.3. The van der Waals surface area contributed by atoms with Crippen LogP contribution in [-0.2, 0) is 11.2 Å². The number of aromatic nitrogens is 1. The maximum absolute atomic E-state index is 12.3. The molecule has 0 unspecified atom stereocenters. The second kappa shape index (κ2) is 7.79. The highest BCUT2D eigenvalue weighted by molar-refractivity contribution is 6.30. The van der Waals surface area contributed by atoms with Gasteiger partial charge in [-0.3, -0.25) is 10.1 Å². The van der Waals surface area contributed by atoms with Crippen LogP contribution in [0.1, 0.15) is 39.8 Å². The molecule has 1 aromatic heterocycles. The molecule has 0 aliphatic carbocycles. The summed E-state index contributed by atoms with van der Waals surface area (Å²) in [6.45, 7) is 3.71. The Kier molecular flexibility index (Phi) is 5.76. The first kappa shape index (κ1) is 17.7. The fraction of sp³-hybridized carbons (Fsp3) is 0.235. The second-order valence-electron chi connectivity index (χ2n) is 5.15. The SMILES string of the molecule is CCOC(=O)c1c(C)[nH]c(/C=C\[N+](=O)[O-])c1Cc1cccc(Cl)c1. The number of aryl methyl sites for hydroxylation is 1. The van der Waals surface area contributed by atoms with Gasteiger partial charge in [-0.1, -0.05) is 23.7 Å². The van der Waals surface area contributed by atoms with Gasteiger partial charge in [0, 0.05) is 28.9 Å². The predicted molar refractivity (Wildman–Crippen MR) is 91.8 cm³/mol. The van der Waals surface area contributed by atoms with Gasteiger partial charge in [-0.05, 0) is 37.1 Å². The van der Waals surface area contributed by atoms with Crippen LogP contribution in [0.15, 0.2) is 30.5 Å². The zero-order valence-corrected chi connectivity index (χ0v) is 14.1. The number of aromatic amines is 1. The van der Waals surface area contributed by atoms with Gasteiger partial charge in [-0.2, -0.15) is 0 Å². The number of nitrogens with zero attached hydrogens (tertiary/aromatic N) is 1. The molecule has 0 amide bonds. The van der Waals surface area contributed by atoms with Crippen LogP contribution in [0.4, 0.5) is 0 Å². The van der Waals surface area contributed by atoms with Crippen LogP contribution in [0, 0.1) is 17.0 Å². The predicted octanol–water partition coefficient (Wildman–Crippen LogP) is 3.99. The van der Waals surface area contributed by atoms with E-state index in [1.54, 1.807) is 26.0 Å². The Morgan fingerprint density at radius 2 is 2.21 bits per heavy atom. The first-order chi connectivity index (χ1) is 11.4. The smallest absolute Gasteiger partial charge is 0.340 e. The van der Waals surface area contributed by atoms with Crippen molar-refractivity contribution in [1.82, 2.24) is 4.98 Å². The van der Waals surface area contributed by atoms with Crippen LogP contribution in [0.3, 0.4) is 0 Å². The molecule has 0 radical (unpaired) electrons. The lowest BCUT2D eigenvalue weighted by Gasteiger charge is -2.07. The molecule has 126 valence electrons. The van der Waals surface area contributed by atoms with Crippen molar-refractivity contribution in [3.8, 4) is 0 Å². The van der Waals surface area contributed by atoms with E-state index in [1.807, 2.05) is 12.1 Å². The van der Waals surface area contributed by atoms with E-state index in [0.29, 0.717) is 34.0 Å². The van der Waals surface area contributed by atoms with Crippen LogP contribution in [0.2, 0.25) is 5.02 Å². The zero-order valence-electron chi connectivity index (χ0n) is 13.3. The maximum Gasteiger partial charge on any atom is 0.340 e. The van der Waals surface area contributed by atoms with E-state index in [2.05, 4.69) is 4.98 Å². The summed E-state index contributed by atoms with van der Waals surface area (Å²) >= 11 is 6.01. The summed E-state index contributed by atoms with van der Waals surface area (Å²) in [5.74, 6) is -0.455. The number of benzene rings is 1. The van der Waals surface area contributed by atoms with Crippen molar-refractivity contribution in [2.24, 2.45) is 0 Å². The molecule has 0 saturated carbocycles. The number of rotatable bonds is 6. The number of hydrogen-bond donors (Lipinski definition) is 1. The molecule has 24 heavy (non-hydrogen) atoms. The van der Waals surface area contributed by atoms with Gasteiger partial charge in [-0.15, -0.1) is 0 Å². The molecule has 6 nitrogen and oxygen atoms in total. The van der Waals surface area contributed by atoms with Gasteiger partial charge in [0.15, 0.2) is 0 Å². The third kappa shape index (κ3) is 4.23. The van der Waals surface area contributed by atoms with E-state index in [9.17, 15) is 14.9 Å². The van der Waals surface area contributed by atoms with Crippen molar-refractivity contribution in [2.75, 3.05) is 6.61 Å². The molecule has 7 heteroatoms. The molecule has 0 fully saturated rings. The van der Waals surface area contributed by atoms with E-state index in [-0.39, 0.29) is 6.61 Å². The minimum atomic E-state index is -0.552. The second-order valence-corrected chi connectivity index (χ2v) is 5.58. The Labute approximate surface area is 144 Å². The molecule has 0 saturated heterocycles. The number of nitro groups is 1. The number of nitrogens with one attached hydrogen (secondary N) is 1. The van der Waals surface area contributed by atoms with Gasteiger partial charge in [-0.25, -0.2) is 4.79 Å². The fourth-order valence-corrected chi connectivity index (χ4v) is 2.71. The first-order valence-electron chi connectivity index (χ1n) is 7.37. The van der Waals surface area contributed by atoms with E-state index in [1.165, 1.54) is 6.08 Å². The number of ether oxygens (including phenoxy) is 1. The van der Waals surface area contributed by atoms with Gasteiger partial charge < -0.3 is 9.72 Å². The van der Waals surface area contributed by atoms with Gasteiger partial charge in [0.1, 0.15) is 0 Å². The van der Waals surface area contributed by atoms with Crippen molar-refractivity contribution in [3.05, 3.63) is 73.7 Å². The van der Waals surface area contributed by atoms with E-state index in [4.69, 9.17) is 16.3 Å². The van der Waals surface area contributed by atoms with Crippen LogP contribution in [0.25, 0.3) is 6.08 Å².